The average Bonchev–Trinajstić information content (AvgIpc) is 2.70. The van der Waals surface area contributed by atoms with Gasteiger partial charge in [0.2, 0.25) is 15.2 Å². The Morgan fingerprint density at radius 2 is 2.25 bits per heavy atom. The largest absolute Gasteiger partial charge is 0.317 e. The highest BCUT2D eigenvalue weighted by Crippen LogP contribution is 2.17. The van der Waals surface area contributed by atoms with Crippen LogP contribution in [0.5, 0.6) is 0 Å². The fourth-order valence-corrected chi connectivity index (χ4v) is 3.96. The minimum Gasteiger partial charge on any atom is -0.317 e. The van der Waals surface area contributed by atoms with Crippen molar-refractivity contribution in [3.8, 4) is 0 Å². The molecule has 0 amide bonds. The van der Waals surface area contributed by atoms with Gasteiger partial charge in [-0.1, -0.05) is 11.3 Å². The summed E-state index contributed by atoms with van der Waals surface area (Å²) in [5, 5.41) is 10.8. The molecule has 2 N–H and O–H groups in total. The Hall–Kier alpha value is -0.730. The summed E-state index contributed by atoms with van der Waals surface area (Å²) < 4.78 is 26.0. The molecule has 8 heteroatoms. The van der Waals surface area contributed by atoms with Crippen LogP contribution in [0.15, 0.2) is 5.51 Å². The molecule has 0 radical (unpaired) electrons. The van der Waals surface area contributed by atoms with Crippen molar-refractivity contribution < 1.29 is 8.42 Å². The normalized spacial score (nSPS) is 18.5. The van der Waals surface area contributed by atoms with Crippen molar-refractivity contribution in [2.75, 3.05) is 23.6 Å². The predicted molar refractivity (Wildman–Crippen MR) is 62.9 cm³/mol. The van der Waals surface area contributed by atoms with E-state index in [0.29, 0.717) is 5.13 Å². The van der Waals surface area contributed by atoms with Crippen molar-refractivity contribution in [1.29, 1.82) is 0 Å². The van der Waals surface area contributed by atoms with Crippen LogP contribution in [0.3, 0.4) is 0 Å². The van der Waals surface area contributed by atoms with Crippen LogP contribution in [0.2, 0.25) is 0 Å². The van der Waals surface area contributed by atoms with Gasteiger partial charge >= 0.3 is 0 Å². The van der Waals surface area contributed by atoms with Crippen LogP contribution in [-0.2, 0) is 10.0 Å². The lowest BCUT2D eigenvalue weighted by atomic mass is 10.0. The standard InChI is InChI=1S/C8H14N4O2S2/c13-16(14,12-8-11-10-6-15-8)5-7-1-3-9-4-2-7/h6-7,9H,1-5H2,(H,11,12). The zero-order valence-electron chi connectivity index (χ0n) is 8.72. The van der Waals surface area contributed by atoms with Crippen LogP contribution in [0.1, 0.15) is 12.8 Å². The van der Waals surface area contributed by atoms with Crippen molar-refractivity contribution in [2.24, 2.45) is 5.92 Å². The van der Waals surface area contributed by atoms with Crippen LogP contribution in [0.25, 0.3) is 0 Å². The molecule has 2 rings (SSSR count). The topological polar surface area (TPSA) is 84.0 Å². The summed E-state index contributed by atoms with van der Waals surface area (Å²) in [6.07, 6.45) is 1.83. The van der Waals surface area contributed by atoms with Crippen LogP contribution in [-0.4, -0.2) is 37.5 Å². The molecule has 1 aromatic heterocycles. The second-order valence-electron chi connectivity index (χ2n) is 3.82. The first kappa shape index (κ1) is 11.7. The van der Waals surface area contributed by atoms with E-state index in [2.05, 4.69) is 20.2 Å². The van der Waals surface area contributed by atoms with Gasteiger partial charge in [-0.25, -0.2) is 8.42 Å². The van der Waals surface area contributed by atoms with Gasteiger partial charge in [-0.05, 0) is 31.8 Å². The molecule has 2 heterocycles. The van der Waals surface area contributed by atoms with Crippen LogP contribution in [0.4, 0.5) is 5.13 Å². The molecule has 0 unspecified atom stereocenters. The molecule has 0 aliphatic carbocycles. The molecule has 1 aromatic rings. The quantitative estimate of drug-likeness (QED) is 0.814. The minimum absolute atomic E-state index is 0.175. The molecule has 90 valence electrons. The molecule has 1 fully saturated rings. The molecule has 0 bridgehead atoms. The van der Waals surface area contributed by atoms with Crippen molar-refractivity contribution in [1.82, 2.24) is 15.5 Å². The van der Waals surface area contributed by atoms with Gasteiger partial charge in [0, 0.05) is 0 Å². The number of sulfonamides is 1. The lowest BCUT2D eigenvalue weighted by Crippen LogP contribution is -2.33. The average molecular weight is 262 g/mol. The molecule has 16 heavy (non-hydrogen) atoms. The monoisotopic (exact) mass is 262 g/mol. The molecule has 1 aliphatic heterocycles. The van der Waals surface area contributed by atoms with Crippen LogP contribution in [0, 0.1) is 5.92 Å². The van der Waals surface area contributed by atoms with Crippen molar-refractivity contribution in [3.63, 3.8) is 0 Å². The van der Waals surface area contributed by atoms with Gasteiger partial charge in [-0.3, -0.25) is 4.72 Å². The van der Waals surface area contributed by atoms with E-state index in [1.807, 2.05) is 0 Å². The maximum Gasteiger partial charge on any atom is 0.234 e. The number of hydrogen-bond donors (Lipinski definition) is 2. The number of aromatic nitrogens is 2. The third-order valence-corrected chi connectivity index (χ3v) is 4.67. The summed E-state index contributed by atoms with van der Waals surface area (Å²) in [5.41, 5.74) is 1.50. The fraction of sp³-hybridized carbons (Fsp3) is 0.750. The van der Waals surface area contributed by atoms with Gasteiger partial charge in [0.1, 0.15) is 5.51 Å². The maximum absolute atomic E-state index is 11.8. The first-order valence-corrected chi connectivity index (χ1v) is 7.66. The van der Waals surface area contributed by atoms with Crippen LogP contribution < -0.4 is 10.0 Å². The van der Waals surface area contributed by atoms with Gasteiger partial charge in [0.05, 0.1) is 5.75 Å². The smallest absolute Gasteiger partial charge is 0.234 e. The fourth-order valence-electron chi connectivity index (χ4n) is 1.75. The van der Waals surface area contributed by atoms with E-state index in [-0.39, 0.29) is 11.7 Å². The first-order chi connectivity index (χ1) is 7.66. The minimum atomic E-state index is -3.27. The molecule has 6 nitrogen and oxygen atoms in total. The van der Waals surface area contributed by atoms with Gasteiger partial charge in [-0.15, -0.1) is 10.2 Å². The number of anilines is 1. The van der Waals surface area contributed by atoms with Crippen molar-refractivity contribution >= 4 is 26.5 Å². The maximum atomic E-state index is 11.8. The summed E-state index contributed by atoms with van der Waals surface area (Å²) in [4.78, 5) is 0. The summed E-state index contributed by atoms with van der Waals surface area (Å²) >= 11 is 1.19. The first-order valence-electron chi connectivity index (χ1n) is 5.13. The van der Waals surface area contributed by atoms with Gasteiger partial charge in [0.25, 0.3) is 0 Å². The number of nitrogens with zero attached hydrogens (tertiary/aromatic N) is 2. The Kier molecular flexibility index (Phi) is 3.72. The van der Waals surface area contributed by atoms with E-state index in [0.717, 1.165) is 25.9 Å². The summed E-state index contributed by atoms with van der Waals surface area (Å²) in [7, 11) is -3.27. The van der Waals surface area contributed by atoms with Gasteiger partial charge in [-0.2, -0.15) is 0 Å². The third kappa shape index (κ3) is 3.39. The molecule has 0 aromatic carbocycles. The van der Waals surface area contributed by atoms with E-state index < -0.39 is 10.0 Å². The van der Waals surface area contributed by atoms with Gasteiger partial charge in [0.15, 0.2) is 0 Å². The molecule has 0 atom stereocenters. The summed E-state index contributed by atoms with van der Waals surface area (Å²) in [6, 6.07) is 0. The Labute approximate surface area is 98.5 Å². The zero-order chi connectivity index (χ0) is 11.4. The zero-order valence-corrected chi connectivity index (χ0v) is 10.4. The Morgan fingerprint density at radius 1 is 1.50 bits per heavy atom. The number of hydrogen-bond acceptors (Lipinski definition) is 6. The molecule has 1 aliphatic rings. The second-order valence-corrected chi connectivity index (χ2v) is 6.42. The predicted octanol–water partition coefficient (Wildman–Crippen LogP) is 0.279. The molecular formula is C8H14N4O2S2. The van der Waals surface area contributed by atoms with E-state index in [1.54, 1.807) is 0 Å². The third-order valence-electron chi connectivity index (χ3n) is 2.52. The molecule has 0 saturated carbocycles. The number of piperidine rings is 1. The SMILES string of the molecule is O=S(=O)(CC1CCNCC1)Nc1nncs1. The van der Waals surface area contributed by atoms with E-state index in [9.17, 15) is 8.42 Å². The molecular weight excluding hydrogens is 248 g/mol. The van der Waals surface area contributed by atoms with Gasteiger partial charge < -0.3 is 5.32 Å². The molecule has 1 saturated heterocycles. The van der Waals surface area contributed by atoms with E-state index >= 15 is 0 Å². The van der Waals surface area contributed by atoms with E-state index in [4.69, 9.17) is 0 Å². The number of nitrogens with one attached hydrogen (secondary N) is 2. The second kappa shape index (κ2) is 5.07. The van der Waals surface area contributed by atoms with Crippen LogP contribution >= 0.6 is 11.3 Å². The Morgan fingerprint density at radius 3 is 2.88 bits per heavy atom. The lowest BCUT2D eigenvalue weighted by molar-refractivity contribution is 0.402. The highest BCUT2D eigenvalue weighted by Gasteiger charge is 2.21. The number of rotatable bonds is 4. The van der Waals surface area contributed by atoms with Crippen molar-refractivity contribution in [2.45, 2.75) is 12.8 Å². The highest BCUT2D eigenvalue weighted by molar-refractivity contribution is 7.92. The van der Waals surface area contributed by atoms with Crippen molar-refractivity contribution in [3.05, 3.63) is 5.51 Å². The highest BCUT2D eigenvalue weighted by atomic mass is 32.2. The Bertz CT molecular complexity index is 411. The Balaban J connectivity index is 1.92. The summed E-state index contributed by atoms with van der Waals surface area (Å²) in [5.74, 6) is 0.417. The lowest BCUT2D eigenvalue weighted by Gasteiger charge is -2.22. The molecule has 0 spiro atoms. The summed E-state index contributed by atoms with van der Waals surface area (Å²) in [6.45, 7) is 1.80. The van der Waals surface area contributed by atoms with E-state index in [1.165, 1.54) is 16.8 Å².